The van der Waals surface area contributed by atoms with Crippen molar-refractivity contribution in [2.75, 3.05) is 25.5 Å². The molecule has 7 nitrogen and oxygen atoms in total. The molecule has 1 atom stereocenters. The number of anilines is 1. The van der Waals surface area contributed by atoms with E-state index in [-0.39, 0.29) is 11.3 Å². The van der Waals surface area contributed by atoms with E-state index in [0.29, 0.717) is 12.5 Å². The highest BCUT2D eigenvalue weighted by atomic mass is 16.2. The second kappa shape index (κ2) is 7.98. The third kappa shape index (κ3) is 4.99. The van der Waals surface area contributed by atoms with E-state index in [1.54, 1.807) is 26.0 Å². The summed E-state index contributed by atoms with van der Waals surface area (Å²) in [6.45, 7) is 9.13. The molecule has 1 N–H and O–H groups in total. The molecular formula is C20H31N5O2. The standard InChI is InChI=1S/C20H31N5O2/c1-14(12-15-8-10-16(11-9-15)20(2,3)4)13-21-18(26)25-19(27)24(7)17(22-25)23(5)6/h8-11,14H,12-13H2,1-7H3,(H,21,26). The van der Waals surface area contributed by atoms with Crippen molar-refractivity contribution >= 4 is 12.0 Å². The van der Waals surface area contributed by atoms with Gasteiger partial charge in [-0.25, -0.2) is 9.59 Å². The Morgan fingerprint density at radius 1 is 1.22 bits per heavy atom. The molecule has 2 rings (SSSR count). The Labute approximate surface area is 161 Å². The second-order valence-electron chi connectivity index (χ2n) is 8.39. The Hall–Kier alpha value is -2.57. The van der Waals surface area contributed by atoms with Crippen LogP contribution < -0.4 is 15.9 Å². The fourth-order valence-electron chi connectivity index (χ4n) is 2.90. The number of hydrogen-bond donors (Lipinski definition) is 1. The predicted octanol–water partition coefficient (Wildman–Crippen LogP) is 2.38. The van der Waals surface area contributed by atoms with Gasteiger partial charge in [0.15, 0.2) is 0 Å². The van der Waals surface area contributed by atoms with Crippen molar-refractivity contribution in [1.29, 1.82) is 0 Å². The highest BCUT2D eigenvalue weighted by Crippen LogP contribution is 2.22. The summed E-state index contributed by atoms with van der Waals surface area (Å²) in [5.41, 5.74) is 2.22. The Bertz CT molecular complexity index is 841. The minimum atomic E-state index is -0.501. The van der Waals surface area contributed by atoms with E-state index in [1.165, 1.54) is 15.7 Å². The van der Waals surface area contributed by atoms with E-state index >= 15 is 0 Å². The third-order valence-corrected chi connectivity index (χ3v) is 4.56. The third-order valence-electron chi connectivity index (χ3n) is 4.56. The van der Waals surface area contributed by atoms with Crippen LogP contribution in [-0.4, -0.2) is 41.0 Å². The van der Waals surface area contributed by atoms with Gasteiger partial charge in [0.05, 0.1) is 0 Å². The summed E-state index contributed by atoms with van der Waals surface area (Å²) in [6.07, 6.45) is 0.852. The molecule has 0 aliphatic carbocycles. The highest BCUT2D eigenvalue weighted by molar-refractivity contribution is 5.75. The lowest BCUT2D eigenvalue weighted by Crippen LogP contribution is -2.39. The van der Waals surface area contributed by atoms with Crippen LogP contribution in [0.15, 0.2) is 29.1 Å². The lowest BCUT2D eigenvalue weighted by Gasteiger charge is -2.19. The number of carbonyl (C=O) groups excluding carboxylic acids is 1. The van der Waals surface area contributed by atoms with Crippen LogP contribution >= 0.6 is 0 Å². The van der Waals surface area contributed by atoms with E-state index in [0.717, 1.165) is 11.1 Å². The Kier molecular flexibility index (Phi) is 6.13. The molecule has 0 radical (unpaired) electrons. The summed E-state index contributed by atoms with van der Waals surface area (Å²) in [6, 6.07) is 8.11. The molecule has 0 aliphatic rings. The smallest absolute Gasteiger partial charge is 0.347 e. The zero-order valence-corrected chi connectivity index (χ0v) is 17.4. The molecule has 0 bridgehead atoms. The first-order chi connectivity index (χ1) is 12.5. The van der Waals surface area contributed by atoms with Crippen LogP contribution in [0.2, 0.25) is 0 Å². The quantitative estimate of drug-likeness (QED) is 0.873. The number of rotatable bonds is 5. The Morgan fingerprint density at radius 2 is 1.81 bits per heavy atom. The molecule has 1 aromatic heterocycles. The molecule has 1 unspecified atom stereocenters. The van der Waals surface area contributed by atoms with Gasteiger partial charge in [-0.15, -0.1) is 9.78 Å². The van der Waals surface area contributed by atoms with Gasteiger partial charge in [-0.05, 0) is 28.9 Å². The van der Waals surface area contributed by atoms with E-state index in [2.05, 4.69) is 62.4 Å². The minimum Gasteiger partial charge on any atom is -0.347 e. The highest BCUT2D eigenvalue weighted by Gasteiger charge is 2.18. The number of aromatic nitrogens is 3. The Balaban J connectivity index is 1.95. The molecule has 0 aliphatic heterocycles. The van der Waals surface area contributed by atoms with Gasteiger partial charge < -0.3 is 10.2 Å². The molecule has 27 heavy (non-hydrogen) atoms. The lowest BCUT2D eigenvalue weighted by molar-refractivity contribution is 0.237. The number of benzene rings is 1. The Morgan fingerprint density at radius 3 is 2.30 bits per heavy atom. The first-order valence-electron chi connectivity index (χ1n) is 9.21. The largest absolute Gasteiger partial charge is 0.355 e. The maximum atomic E-state index is 12.3. The number of nitrogens with one attached hydrogen (secondary N) is 1. The van der Waals surface area contributed by atoms with Crippen molar-refractivity contribution in [2.45, 2.75) is 39.5 Å². The van der Waals surface area contributed by atoms with Crippen molar-refractivity contribution in [3.05, 3.63) is 45.9 Å². The monoisotopic (exact) mass is 373 g/mol. The van der Waals surface area contributed by atoms with Gasteiger partial charge in [-0.2, -0.15) is 0 Å². The maximum Gasteiger partial charge on any atom is 0.355 e. The zero-order valence-electron chi connectivity index (χ0n) is 17.4. The van der Waals surface area contributed by atoms with Crippen molar-refractivity contribution in [2.24, 2.45) is 13.0 Å². The van der Waals surface area contributed by atoms with Crippen LogP contribution in [0.1, 0.15) is 38.8 Å². The summed E-state index contributed by atoms with van der Waals surface area (Å²) in [7, 11) is 5.15. The number of nitrogens with zero attached hydrogens (tertiary/aromatic N) is 4. The molecule has 7 heteroatoms. The van der Waals surface area contributed by atoms with Gasteiger partial charge in [0.25, 0.3) is 0 Å². The van der Waals surface area contributed by atoms with Gasteiger partial charge in [0.1, 0.15) is 0 Å². The van der Waals surface area contributed by atoms with Crippen LogP contribution in [0, 0.1) is 5.92 Å². The van der Waals surface area contributed by atoms with Gasteiger partial charge in [-0.1, -0.05) is 52.0 Å². The molecular weight excluding hydrogens is 342 g/mol. The van der Waals surface area contributed by atoms with Gasteiger partial charge in [0, 0.05) is 27.7 Å². The fraction of sp³-hybridized carbons (Fsp3) is 0.550. The molecule has 0 saturated carbocycles. The SMILES string of the molecule is CC(CNC(=O)n1nc(N(C)C)n(C)c1=O)Cc1ccc(C(C)(C)C)cc1. The van der Waals surface area contributed by atoms with Crippen molar-refractivity contribution < 1.29 is 4.79 Å². The zero-order chi connectivity index (χ0) is 20.4. The van der Waals surface area contributed by atoms with Gasteiger partial charge in [-0.3, -0.25) is 4.57 Å². The fourth-order valence-corrected chi connectivity index (χ4v) is 2.90. The summed E-state index contributed by atoms with van der Waals surface area (Å²) in [5, 5.41) is 6.89. The van der Waals surface area contributed by atoms with E-state index in [9.17, 15) is 9.59 Å². The normalized spacial score (nSPS) is 12.7. The van der Waals surface area contributed by atoms with Crippen molar-refractivity contribution in [3.63, 3.8) is 0 Å². The molecule has 1 amide bonds. The van der Waals surface area contributed by atoms with Gasteiger partial charge >= 0.3 is 11.7 Å². The number of amides is 1. The molecule has 0 fully saturated rings. The average Bonchev–Trinajstić information content (AvgIpc) is 2.88. The molecule has 2 aromatic rings. The topological polar surface area (TPSA) is 72.2 Å². The second-order valence-corrected chi connectivity index (χ2v) is 8.39. The predicted molar refractivity (Wildman–Crippen MR) is 109 cm³/mol. The first-order valence-corrected chi connectivity index (χ1v) is 9.21. The molecule has 0 spiro atoms. The average molecular weight is 374 g/mol. The number of hydrogen-bond acceptors (Lipinski definition) is 4. The van der Waals surface area contributed by atoms with E-state index in [1.807, 2.05) is 0 Å². The van der Waals surface area contributed by atoms with Crippen LogP contribution in [0.4, 0.5) is 10.7 Å². The molecule has 1 aromatic carbocycles. The van der Waals surface area contributed by atoms with Gasteiger partial charge in [0.2, 0.25) is 5.95 Å². The van der Waals surface area contributed by atoms with Crippen molar-refractivity contribution in [1.82, 2.24) is 19.7 Å². The molecule has 0 saturated heterocycles. The molecule has 1 heterocycles. The van der Waals surface area contributed by atoms with E-state index < -0.39 is 11.7 Å². The number of carbonyl (C=O) groups is 1. The van der Waals surface area contributed by atoms with Crippen LogP contribution in [0.3, 0.4) is 0 Å². The maximum absolute atomic E-state index is 12.3. The molecule has 148 valence electrons. The lowest BCUT2D eigenvalue weighted by atomic mass is 9.86. The van der Waals surface area contributed by atoms with Crippen LogP contribution in [0.25, 0.3) is 0 Å². The van der Waals surface area contributed by atoms with E-state index in [4.69, 9.17) is 0 Å². The van der Waals surface area contributed by atoms with Crippen LogP contribution in [-0.2, 0) is 18.9 Å². The summed E-state index contributed by atoms with van der Waals surface area (Å²) < 4.78 is 2.22. The first kappa shape index (κ1) is 20.7. The van der Waals surface area contributed by atoms with Crippen LogP contribution in [0.5, 0.6) is 0 Å². The summed E-state index contributed by atoms with van der Waals surface area (Å²) >= 11 is 0. The summed E-state index contributed by atoms with van der Waals surface area (Å²) in [4.78, 5) is 26.2. The minimum absolute atomic E-state index is 0.138. The van der Waals surface area contributed by atoms with Crippen molar-refractivity contribution in [3.8, 4) is 0 Å². The summed E-state index contributed by atoms with van der Waals surface area (Å²) in [5.74, 6) is 0.671.